The maximum atomic E-state index is 11.7. The molecule has 1 N–H and O–H groups in total. The number of benzene rings is 1. The van der Waals surface area contributed by atoms with Crippen LogP contribution in [0.15, 0.2) is 35.3 Å². The van der Waals surface area contributed by atoms with Gasteiger partial charge < -0.3 is 4.90 Å². The summed E-state index contributed by atoms with van der Waals surface area (Å²) in [5, 5.41) is 15.1. The summed E-state index contributed by atoms with van der Waals surface area (Å²) in [6, 6.07) is 8.44. The maximum absolute atomic E-state index is 11.7. The Morgan fingerprint density at radius 1 is 1.31 bits per heavy atom. The lowest BCUT2D eigenvalue weighted by molar-refractivity contribution is 0.515. The molecule has 2 aromatic heterocycles. The predicted molar refractivity (Wildman–Crippen MR) is 99.6 cm³/mol. The molecule has 0 amide bonds. The van der Waals surface area contributed by atoms with Crippen molar-refractivity contribution in [1.82, 2.24) is 25.2 Å². The zero-order chi connectivity index (χ0) is 18.3. The van der Waals surface area contributed by atoms with Gasteiger partial charge in [0.05, 0.1) is 30.2 Å². The summed E-state index contributed by atoms with van der Waals surface area (Å²) < 4.78 is 2.01. The number of aromatic nitrogens is 5. The normalized spacial score (nSPS) is 15.0. The number of aromatic amines is 1. The fourth-order valence-corrected chi connectivity index (χ4v) is 3.74. The summed E-state index contributed by atoms with van der Waals surface area (Å²) >= 11 is 6.14. The molecule has 1 aliphatic rings. The van der Waals surface area contributed by atoms with Gasteiger partial charge in [-0.25, -0.2) is 9.78 Å². The van der Waals surface area contributed by atoms with Crippen LogP contribution in [-0.4, -0.2) is 31.7 Å². The minimum absolute atomic E-state index is 0.115. The van der Waals surface area contributed by atoms with Crippen LogP contribution in [0, 0.1) is 6.92 Å². The Morgan fingerprint density at radius 3 is 2.92 bits per heavy atom. The Bertz CT molecular complexity index is 1010. The van der Waals surface area contributed by atoms with Crippen molar-refractivity contribution in [2.45, 2.75) is 32.9 Å². The molecule has 134 valence electrons. The molecule has 1 aliphatic heterocycles. The molecule has 0 spiro atoms. The third-order valence-electron chi connectivity index (χ3n) is 4.95. The number of H-pyrrole nitrogens is 1. The molecule has 8 heteroatoms. The smallest absolute Gasteiger partial charge is 0.285 e. The molecule has 0 aliphatic carbocycles. The lowest BCUT2D eigenvalue weighted by Gasteiger charge is -2.29. The molecule has 0 fully saturated rings. The van der Waals surface area contributed by atoms with Crippen molar-refractivity contribution in [3.05, 3.63) is 68.4 Å². The van der Waals surface area contributed by atoms with Crippen LogP contribution in [-0.2, 0) is 13.0 Å². The number of nitrogens with one attached hydrogen (secondary N) is 1. The quantitative estimate of drug-likeness (QED) is 0.766. The summed E-state index contributed by atoms with van der Waals surface area (Å²) in [5.74, 6) is 0. The Labute approximate surface area is 155 Å². The van der Waals surface area contributed by atoms with Crippen LogP contribution in [0.4, 0.5) is 5.69 Å². The highest BCUT2D eigenvalue weighted by molar-refractivity contribution is 6.32. The van der Waals surface area contributed by atoms with Crippen molar-refractivity contribution in [2.75, 3.05) is 11.4 Å². The van der Waals surface area contributed by atoms with E-state index in [-0.39, 0.29) is 16.6 Å². The zero-order valence-corrected chi connectivity index (χ0v) is 15.4. The molecule has 7 nitrogen and oxygen atoms in total. The van der Waals surface area contributed by atoms with Gasteiger partial charge in [0, 0.05) is 13.0 Å². The number of hydrogen-bond acceptors (Lipinski definition) is 5. The molecule has 1 aromatic carbocycles. The standard InChI is InChI=1S/C18H19ClN6O/c1-11-5-3-4-6-13(11)12(2)25-15-7-8-24(10-14(15)21-23-25)16-9-20-22-18(26)17(16)19/h3-6,9,12H,7-8,10H2,1-2H3,(H,22,26)/t12-/m0/s1. The molecule has 1 atom stereocenters. The van der Waals surface area contributed by atoms with Crippen LogP contribution in [0.1, 0.15) is 35.5 Å². The van der Waals surface area contributed by atoms with Crippen LogP contribution < -0.4 is 10.5 Å². The first-order valence-corrected chi connectivity index (χ1v) is 8.90. The van der Waals surface area contributed by atoms with Gasteiger partial charge in [-0.1, -0.05) is 41.1 Å². The molecule has 4 rings (SSSR count). The fourth-order valence-electron chi connectivity index (χ4n) is 3.53. The molecule has 3 aromatic rings. The predicted octanol–water partition coefficient (Wildman–Crippen LogP) is 2.50. The maximum Gasteiger partial charge on any atom is 0.285 e. The molecule has 3 heterocycles. The van der Waals surface area contributed by atoms with E-state index in [9.17, 15) is 4.79 Å². The highest BCUT2D eigenvalue weighted by Gasteiger charge is 2.26. The third-order valence-corrected chi connectivity index (χ3v) is 5.32. The molecule has 0 saturated carbocycles. The SMILES string of the molecule is Cc1ccccc1[C@H](C)n1nnc2c1CCN(c1cn[nH]c(=O)c1Cl)C2. The van der Waals surface area contributed by atoms with Gasteiger partial charge >= 0.3 is 0 Å². The topological polar surface area (TPSA) is 79.7 Å². The van der Waals surface area contributed by atoms with Gasteiger partial charge in [0.2, 0.25) is 0 Å². The molecular weight excluding hydrogens is 352 g/mol. The van der Waals surface area contributed by atoms with Crippen LogP contribution in [0.25, 0.3) is 0 Å². The average molecular weight is 371 g/mol. The van der Waals surface area contributed by atoms with Crippen LogP contribution in [0.2, 0.25) is 5.02 Å². The third kappa shape index (κ3) is 2.78. The molecule has 0 radical (unpaired) electrons. The van der Waals surface area contributed by atoms with Crippen LogP contribution >= 0.6 is 11.6 Å². The molecule has 26 heavy (non-hydrogen) atoms. The first kappa shape index (κ1) is 16.8. The van der Waals surface area contributed by atoms with Gasteiger partial charge in [-0.15, -0.1) is 5.10 Å². The van der Waals surface area contributed by atoms with Gasteiger partial charge in [-0.3, -0.25) is 4.79 Å². The van der Waals surface area contributed by atoms with Crippen molar-refractivity contribution in [1.29, 1.82) is 0 Å². The molecule has 0 bridgehead atoms. The number of anilines is 1. The molecule has 0 saturated heterocycles. The lowest BCUT2D eigenvalue weighted by atomic mass is 10.0. The van der Waals surface area contributed by atoms with Crippen LogP contribution in [0.3, 0.4) is 0 Å². The number of rotatable bonds is 3. The summed E-state index contributed by atoms with van der Waals surface area (Å²) in [6.45, 7) is 5.53. The summed E-state index contributed by atoms with van der Waals surface area (Å²) in [7, 11) is 0. The summed E-state index contributed by atoms with van der Waals surface area (Å²) in [4.78, 5) is 13.7. The minimum atomic E-state index is -0.383. The monoisotopic (exact) mass is 370 g/mol. The van der Waals surface area contributed by atoms with Crippen LogP contribution in [0.5, 0.6) is 0 Å². The van der Waals surface area contributed by atoms with Gasteiger partial charge in [-0.2, -0.15) is 5.10 Å². The molecular formula is C18H19ClN6O. The van der Waals surface area contributed by atoms with Gasteiger partial charge in [0.25, 0.3) is 5.56 Å². The van der Waals surface area contributed by atoms with E-state index in [1.165, 1.54) is 11.1 Å². The Balaban J connectivity index is 1.64. The van der Waals surface area contributed by atoms with Gasteiger partial charge in [0.1, 0.15) is 10.7 Å². The van der Waals surface area contributed by atoms with E-state index in [1.54, 1.807) is 6.20 Å². The number of aryl methyl sites for hydroxylation is 1. The van der Waals surface area contributed by atoms with Crippen molar-refractivity contribution < 1.29 is 0 Å². The first-order valence-electron chi connectivity index (χ1n) is 8.53. The first-order chi connectivity index (χ1) is 12.6. The lowest BCUT2D eigenvalue weighted by Crippen LogP contribution is -2.33. The van der Waals surface area contributed by atoms with E-state index in [0.29, 0.717) is 12.2 Å². The second-order valence-electron chi connectivity index (χ2n) is 6.53. The van der Waals surface area contributed by atoms with E-state index in [0.717, 1.165) is 24.4 Å². The van der Waals surface area contributed by atoms with Crippen molar-refractivity contribution in [3.63, 3.8) is 0 Å². The van der Waals surface area contributed by atoms with E-state index in [2.05, 4.69) is 46.5 Å². The Morgan fingerprint density at radius 2 is 2.12 bits per heavy atom. The highest BCUT2D eigenvalue weighted by atomic mass is 35.5. The second-order valence-corrected chi connectivity index (χ2v) is 6.91. The van der Waals surface area contributed by atoms with E-state index in [1.807, 2.05) is 21.7 Å². The number of hydrogen-bond donors (Lipinski definition) is 1. The summed E-state index contributed by atoms with van der Waals surface area (Å²) in [5.41, 5.74) is 4.76. The van der Waals surface area contributed by atoms with Crippen molar-refractivity contribution in [3.8, 4) is 0 Å². The summed E-state index contributed by atoms with van der Waals surface area (Å²) in [6.07, 6.45) is 2.36. The largest absolute Gasteiger partial charge is 0.362 e. The van der Waals surface area contributed by atoms with E-state index < -0.39 is 0 Å². The van der Waals surface area contributed by atoms with Crippen molar-refractivity contribution in [2.24, 2.45) is 0 Å². The zero-order valence-electron chi connectivity index (χ0n) is 14.6. The average Bonchev–Trinajstić information content (AvgIpc) is 3.07. The minimum Gasteiger partial charge on any atom is -0.362 e. The fraction of sp³-hybridized carbons (Fsp3) is 0.333. The van der Waals surface area contributed by atoms with E-state index >= 15 is 0 Å². The van der Waals surface area contributed by atoms with Crippen molar-refractivity contribution >= 4 is 17.3 Å². The highest BCUT2D eigenvalue weighted by Crippen LogP contribution is 2.29. The van der Waals surface area contributed by atoms with Gasteiger partial charge in [0.15, 0.2) is 0 Å². The number of nitrogens with zero attached hydrogens (tertiary/aromatic N) is 5. The second kappa shape index (κ2) is 6.57. The van der Waals surface area contributed by atoms with Gasteiger partial charge in [-0.05, 0) is 25.0 Å². The Kier molecular flexibility index (Phi) is 4.24. The number of fused-ring (bicyclic) bond motifs is 1. The van der Waals surface area contributed by atoms with E-state index in [4.69, 9.17) is 11.6 Å². The Hall–Kier alpha value is -2.67. The molecule has 0 unspecified atom stereocenters. The number of halogens is 1.